The van der Waals surface area contributed by atoms with Crippen molar-refractivity contribution in [3.05, 3.63) is 66.4 Å². The third kappa shape index (κ3) is 3.36. The molecule has 0 unspecified atom stereocenters. The molecule has 30 heavy (non-hydrogen) atoms. The molecule has 0 N–H and O–H groups in total. The molecule has 5 heteroatoms. The average Bonchev–Trinajstić information content (AvgIpc) is 2.82. The van der Waals surface area contributed by atoms with Gasteiger partial charge in [-0.05, 0) is 61.0 Å². The summed E-state index contributed by atoms with van der Waals surface area (Å²) in [6.07, 6.45) is 5.15. The van der Waals surface area contributed by atoms with Crippen LogP contribution in [-0.4, -0.2) is 41.0 Å². The Morgan fingerprint density at radius 1 is 0.967 bits per heavy atom. The molecule has 150 valence electrons. The lowest BCUT2D eigenvalue weighted by molar-refractivity contribution is 0.0724. The third-order valence-corrected chi connectivity index (χ3v) is 5.79. The van der Waals surface area contributed by atoms with Gasteiger partial charge in [0.1, 0.15) is 5.75 Å². The lowest BCUT2D eigenvalue weighted by Crippen LogP contribution is -2.35. The SMILES string of the molecule is COc1cccc2cc(-c3cnc4ccc(C(=O)N5CCCCC5)cc4n3)ccc12. The number of aromatic nitrogens is 2. The summed E-state index contributed by atoms with van der Waals surface area (Å²) in [4.78, 5) is 24.2. The fourth-order valence-electron chi connectivity index (χ4n) is 4.15. The van der Waals surface area contributed by atoms with Gasteiger partial charge in [0, 0.05) is 29.6 Å². The van der Waals surface area contributed by atoms with Crippen molar-refractivity contribution in [2.24, 2.45) is 0 Å². The summed E-state index contributed by atoms with van der Waals surface area (Å²) < 4.78 is 5.45. The van der Waals surface area contributed by atoms with Gasteiger partial charge in [-0.25, -0.2) is 4.98 Å². The fourth-order valence-corrected chi connectivity index (χ4v) is 4.15. The zero-order valence-electron chi connectivity index (χ0n) is 17.0. The Bertz CT molecular complexity index is 1250. The third-order valence-electron chi connectivity index (χ3n) is 5.79. The molecule has 2 heterocycles. The van der Waals surface area contributed by atoms with Crippen molar-refractivity contribution in [3.63, 3.8) is 0 Å². The largest absolute Gasteiger partial charge is 0.496 e. The maximum Gasteiger partial charge on any atom is 0.253 e. The van der Waals surface area contributed by atoms with E-state index in [1.54, 1.807) is 13.3 Å². The van der Waals surface area contributed by atoms with E-state index < -0.39 is 0 Å². The summed E-state index contributed by atoms with van der Waals surface area (Å²) in [6.45, 7) is 1.67. The van der Waals surface area contributed by atoms with Gasteiger partial charge >= 0.3 is 0 Å². The highest BCUT2D eigenvalue weighted by Crippen LogP contribution is 2.29. The van der Waals surface area contributed by atoms with Crippen molar-refractivity contribution >= 4 is 27.7 Å². The Morgan fingerprint density at radius 3 is 2.67 bits per heavy atom. The van der Waals surface area contributed by atoms with Crippen LogP contribution in [0.5, 0.6) is 5.75 Å². The lowest BCUT2D eigenvalue weighted by Gasteiger charge is -2.26. The minimum Gasteiger partial charge on any atom is -0.496 e. The number of rotatable bonds is 3. The second-order valence-corrected chi connectivity index (χ2v) is 7.71. The predicted molar refractivity (Wildman–Crippen MR) is 119 cm³/mol. The fraction of sp³-hybridized carbons (Fsp3) is 0.240. The first kappa shape index (κ1) is 18.6. The summed E-state index contributed by atoms with van der Waals surface area (Å²) in [5.41, 5.74) is 3.98. The van der Waals surface area contributed by atoms with E-state index in [0.717, 1.165) is 64.7 Å². The Hall–Kier alpha value is -3.47. The van der Waals surface area contributed by atoms with Crippen molar-refractivity contribution in [1.82, 2.24) is 14.9 Å². The van der Waals surface area contributed by atoms with Gasteiger partial charge in [-0.2, -0.15) is 0 Å². The van der Waals surface area contributed by atoms with Gasteiger partial charge in [0.05, 0.1) is 30.0 Å². The van der Waals surface area contributed by atoms with E-state index in [1.807, 2.05) is 47.4 Å². The summed E-state index contributed by atoms with van der Waals surface area (Å²) in [5, 5.41) is 2.15. The number of ether oxygens (including phenoxy) is 1. The van der Waals surface area contributed by atoms with Crippen LogP contribution in [0, 0.1) is 0 Å². The van der Waals surface area contributed by atoms with E-state index in [0.29, 0.717) is 5.56 Å². The maximum atomic E-state index is 12.9. The van der Waals surface area contributed by atoms with E-state index in [4.69, 9.17) is 9.72 Å². The molecule has 1 aliphatic rings. The van der Waals surface area contributed by atoms with Crippen LogP contribution >= 0.6 is 0 Å². The van der Waals surface area contributed by atoms with Gasteiger partial charge in [-0.3, -0.25) is 9.78 Å². The Balaban J connectivity index is 1.52. The topological polar surface area (TPSA) is 55.3 Å². The molecule has 1 aromatic heterocycles. The van der Waals surface area contributed by atoms with Crippen LogP contribution in [0.4, 0.5) is 0 Å². The second-order valence-electron chi connectivity index (χ2n) is 7.71. The number of benzene rings is 3. The van der Waals surface area contributed by atoms with Crippen LogP contribution in [0.2, 0.25) is 0 Å². The van der Waals surface area contributed by atoms with Gasteiger partial charge < -0.3 is 9.64 Å². The molecule has 4 aromatic rings. The van der Waals surface area contributed by atoms with Crippen molar-refractivity contribution in [2.75, 3.05) is 20.2 Å². The number of carbonyl (C=O) groups is 1. The molecule has 0 bridgehead atoms. The van der Waals surface area contributed by atoms with Gasteiger partial charge in [0.25, 0.3) is 5.91 Å². The van der Waals surface area contributed by atoms with Gasteiger partial charge in [-0.15, -0.1) is 0 Å². The first-order valence-corrected chi connectivity index (χ1v) is 10.4. The first-order valence-electron chi connectivity index (χ1n) is 10.4. The minimum absolute atomic E-state index is 0.0848. The number of likely N-dealkylation sites (tertiary alicyclic amines) is 1. The van der Waals surface area contributed by atoms with Crippen molar-refractivity contribution in [2.45, 2.75) is 19.3 Å². The van der Waals surface area contributed by atoms with Crippen LogP contribution < -0.4 is 4.74 Å². The van der Waals surface area contributed by atoms with E-state index >= 15 is 0 Å². The average molecular weight is 397 g/mol. The number of amides is 1. The quantitative estimate of drug-likeness (QED) is 0.483. The highest BCUT2D eigenvalue weighted by Gasteiger charge is 2.18. The predicted octanol–water partition coefficient (Wildman–Crippen LogP) is 5.08. The van der Waals surface area contributed by atoms with E-state index in [9.17, 15) is 4.79 Å². The van der Waals surface area contributed by atoms with E-state index in [1.165, 1.54) is 6.42 Å². The zero-order valence-corrected chi connectivity index (χ0v) is 17.0. The van der Waals surface area contributed by atoms with Gasteiger partial charge in [0.15, 0.2) is 0 Å². The number of hydrogen-bond donors (Lipinski definition) is 0. The van der Waals surface area contributed by atoms with Crippen LogP contribution in [0.25, 0.3) is 33.1 Å². The number of nitrogens with zero attached hydrogens (tertiary/aromatic N) is 3. The molecule has 0 saturated carbocycles. The normalized spacial score (nSPS) is 14.2. The first-order chi connectivity index (χ1) is 14.7. The number of fused-ring (bicyclic) bond motifs is 2. The molecule has 1 fully saturated rings. The Kier molecular flexibility index (Phi) is 4.79. The summed E-state index contributed by atoms with van der Waals surface area (Å²) >= 11 is 0. The zero-order chi connectivity index (χ0) is 20.5. The molecule has 1 amide bonds. The highest BCUT2D eigenvalue weighted by molar-refractivity contribution is 5.97. The van der Waals surface area contributed by atoms with E-state index in [2.05, 4.69) is 17.1 Å². The molecule has 0 atom stereocenters. The Labute approximate surface area is 175 Å². The molecular weight excluding hydrogens is 374 g/mol. The monoisotopic (exact) mass is 397 g/mol. The molecule has 1 saturated heterocycles. The Morgan fingerprint density at radius 2 is 1.83 bits per heavy atom. The molecule has 3 aromatic carbocycles. The van der Waals surface area contributed by atoms with Crippen molar-refractivity contribution in [3.8, 4) is 17.0 Å². The molecule has 0 spiro atoms. The highest BCUT2D eigenvalue weighted by atomic mass is 16.5. The molecular formula is C25H23N3O2. The number of hydrogen-bond acceptors (Lipinski definition) is 4. The number of piperidine rings is 1. The molecule has 0 aliphatic carbocycles. The smallest absolute Gasteiger partial charge is 0.253 e. The van der Waals surface area contributed by atoms with Crippen LogP contribution in [0.3, 0.4) is 0 Å². The molecule has 5 rings (SSSR count). The second kappa shape index (κ2) is 7.75. The van der Waals surface area contributed by atoms with Gasteiger partial charge in [0.2, 0.25) is 0 Å². The van der Waals surface area contributed by atoms with Crippen LogP contribution in [-0.2, 0) is 0 Å². The van der Waals surface area contributed by atoms with Gasteiger partial charge in [-0.1, -0.05) is 18.2 Å². The van der Waals surface area contributed by atoms with Crippen LogP contribution in [0.15, 0.2) is 60.8 Å². The number of carbonyl (C=O) groups excluding carboxylic acids is 1. The summed E-state index contributed by atoms with van der Waals surface area (Å²) in [7, 11) is 1.68. The standard InChI is InChI=1S/C25H23N3O2/c1-30-24-7-5-6-17-14-18(8-10-20(17)24)23-16-26-21-11-9-19(15-22(21)27-23)25(29)28-12-3-2-4-13-28/h5-11,14-16H,2-4,12-13H2,1H3. The summed E-state index contributed by atoms with van der Waals surface area (Å²) in [6, 6.07) is 17.8. The molecule has 1 aliphatic heterocycles. The van der Waals surface area contributed by atoms with Crippen LogP contribution in [0.1, 0.15) is 29.6 Å². The molecule has 0 radical (unpaired) electrons. The molecule has 5 nitrogen and oxygen atoms in total. The van der Waals surface area contributed by atoms with E-state index in [-0.39, 0.29) is 5.91 Å². The lowest BCUT2D eigenvalue weighted by atomic mass is 10.0. The minimum atomic E-state index is 0.0848. The maximum absolute atomic E-state index is 12.9. The number of methoxy groups -OCH3 is 1. The van der Waals surface area contributed by atoms with Crippen molar-refractivity contribution < 1.29 is 9.53 Å². The van der Waals surface area contributed by atoms with Crippen molar-refractivity contribution in [1.29, 1.82) is 0 Å². The summed E-state index contributed by atoms with van der Waals surface area (Å²) in [5.74, 6) is 0.936.